The van der Waals surface area contributed by atoms with Crippen LogP contribution in [0.25, 0.3) is 0 Å². The second-order valence-corrected chi connectivity index (χ2v) is 15.5. The first-order valence-electron chi connectivity index (χ1n) is 14.9. The number of anilines is 1. The number of rotatable bonds is 10. The number of carbonyl (C=O) groups is 2. The predicted octanol–water partition coefficient (Wildman–Crippen LogP) is 5.67. The van der Waals surface area contributed by atoms with Gasteiger partial charge >= 0.3 is 6.09 Å². The van der Waals surface area contributed by atoms with Crippen molar-refractivity contribution in [2.75, 3.05) is 19.0 Å². The van der Waals surface area contributed by atoms with Crippen molar-refractivity contribution in [3.63, 3.8) is 0 Å². The topological polar surface area (TPSA) is 116 Å². The summed E-state index contributed by atoms with van der Waals surface area (Å²) in [6.07, 6.45) is 4.67. The highest BCUT2D eigenvalue weighted by molar-refractivity contribution is 7.90. The molecule has 11 heteroatoms. The first-order valence-corrected chi connectivity index (χ1v) is 16.0. The van der Waals surface area contributed by atoms with Crippen molar-refractivity contribution in [3.8, 4) is 0 Å². The van der Waals surface area contributed by atoms with Crippen LogP contribution in [0.1, 0.15) is 84.9 Å². The number of aromatic nitrogens is 1. The minimum absolute atomic E-state index is 0.0393. The Hall–Kier alpha value is -2.73. The molecule has 4 rings (SSSR count). The fourth-order valence-corrected chi connectivity index (χ4v) is 6.13. The van der Waals surface area contributed by atoms with Gasteiger partial charge in [0.25, 0.3) is 0 Å². The summed E-state index contributed by atoms with van der Waals surface area (Å²) in [5, 5.41) is 2.73. The maximum atomic E-state index is 15.4. The molecule has 2 unspecified atom stereocenters. The van der Waals surface area contributed by atoms with E-state index in [-0.39, 0.29) is 24.8 Å². The van der Waals surface area contributed by atoms with E-state index >= 15 is 4.39 Å². The van der Waals surface area contributed by atoms with Crippen LogP contribution in [0.3, 0.4) is 0 Å². The Labute approximate surface area is 257 Å². The van der Waals surface area contributed by atoms with Gasteiger partial charge in [-0.05, 0) is 90.1 Å². The van der Waals surface area contributed by atoms with Gasteiger partial charge in [0.1, 0.15) is 27.7 Å². The van der Waals surface area contributed by atoms with Crippen LogP contribution < -0.4 is 10.0 Å². The highest BCUT2D eigenvalue weighted by Crippen LogP contribution is 2.42. The lowest BCUT2D eigenvalue weighted by Gasteiger charge is -2.38. The van der Waals surface area contributed by atoms with E-state index in [4.69, 9.17) is 9.47 Å². The SMILES string of the molecule is CO[C@@H]1C[C@H](C(=O)Nc2cc(C(CCC3CC3)(N[S+]([O-])C(C)(C)C)c3ccccn3)ccc2F)N(C(=O)OC(C)(C)C)C1. The van der Waals surface area contributed by atoms with Gasteiger partial charge in [-0.25, -0.2) is 9.18 Å². The van der Waals surface area contributed by atoms with Gasteiger partial charge in [0, 0.05) is 31.1 Å². The van der Waals surface area contributed by atoms with Crippen LogP contribution in [0.5, 0.6) is 0 Å². The first kappa shape index (κ1) is 33.2. The van der Waals surface area contributed by atoms with Crippen molar-refractivity contribution in [2.45, 2.75) is 102 Å². The molecular weight excluding hydrogens is 571 g/mol. The quantitative estimate of drug-likeness (QED) is 0.331. The fourth-order valence-electron chi connectivity index (χ4n) is 5.18. The van der Waals surface area contributed by atoms with Crippen LogP contribution in [-0.2, 0) is 31.2 Å². The molecule has 2 N–H and O–H groups in total. The number of methoxy groups -OCH3 is 1. The minimum atomic E-state index is -1.49. The van der Waals surface area contributed by atoms with Crippen molar-refractivity contribution < 1.29 is 28.0 Å². The number of nitrogens with zero attached hydrogens (tertiary/aromatic N) is 2. The number of pyridine rings is 1. The van der Waals surface area contributed by atoms with Gasteiger partial charge in [-0.3, -0.25) is 14.7 Å². The Kier molecular flexibility index (Phi) is 10.1. The van der Waals surface area contributed by atoms with E-state index in [2.05, 4.69) is 15.0 Å². The molecule has 4 atom stereocenters. The summed E-state index contributed by atoms with van der Waals surface area (Å²) in [5.41, 5.74) is -0.508. The Morgan fingerprint density at radius 2 is 1.86 bits per heavy atom. The van der Waals surface area contributed by atoms with E-state index in [0.717, 1.165) is 19.3 Å². The number of amides is 2. The molecule has 236 valence electrons. The van der Waals surface area contributed by atoms with Gasteiger partial charge in [-0.1, -0.05) is 25.0 Å². The van der Waals surface area contributed by atoms with Crippen molar-refractivity contribution in [1.29, 1.82) is 0 Å². The normalized spacial score (nSPS) is 21.3. The highest BCUT2D eigenvalue weighted by atomic mass is 32.2. The molecule has 2 amide bonds. The predicted molar refractivity (Wildman–Crippen MR) is 165 cm³/mol. The van der Waals surface area contributed by atoms with Crippen LogP contribution in [0.15, 0.2) is 42.6 Å². The van der Waals surface area contributed by atoms with Gasteiger partial charge in [-0.15, -0.1) is 4.72 Å². The number of nitrogens with one attached hydrogen (secondary N) is 2. The molecule has 2 fully saturated rings. The average molecular weight is 617 g/mol. The van der Waals surface area contributed by atoms with Crippen molar-refractivity contribution in [1.82, 2.24) is 14.6 Å². The lowest BCUT2D eigenvalue weighted by atomic mass is 9.82. The van der Waals surface area contributed by atoms with Crippen LogP contribution in [0.4, 0.5) is 14.9 Å². The minimum Gasteiger partial charge on any atom is -0.598 e. The molecule has 9 nitrogen and oxygen atoms in total. The molecule has 1 aromatic carbocycles. The standard InChI is InChI=1S/C32H45FN4O5S/c1-30(2,3)42-29(39)37-20-23(41-7)19-26(37)28(38)35-25-18-22(13-14-24(25)33)32(16-15-21-11-12-21,27-10-8-9-17-34-27)36-43(40)31(4,5)6/h8-10,13-14,17-18,21,23,26,36H,11-12,15-16,19-20H2,1-7H3,(H,35,38)/t23-,26-,32?,43?/m1/s1. The summed E-state index contributed by atoms with van der Waals surface area (Å²) in [6, 6.07) is 9.20. The molecule has 1 aliphatic heterocycles. The van der Waals surface area contributed by atoms with E-state index in [1.807, 2.05) is 39.0 Å². The van der Waals surface area contributed by atoms with Crippen LogP contribution in [0.2, 0.25) is 0 Å². The summed E-state index contributed by atoms with van der Waals surface area (Å²) < 4.78 is 42.8. The van der Waals surface area contributed by atoms with Gasteiger partial charge in [0.15, 0.2) is 0 Å². The average Bonchev–Trinajstić information content (AvgIpc) is 3.66. The summed E-state index contributed by atoms with van der Waals surface area (Å²) >= 11 is -1.49. The molecule has 2 aliphatic rings. The number of benzene rings is 1. The largest absolute Gasteiger partial charge is 0.598 e. The lowest BCUT2D eigenvalue weighted by molar-refractivity contribution is -0.120. The van der Waals surface area contributed by atoms with Crippen LogP contribution in [0, 0.1) is 11.7 Å². The molecule has 0 spiro atoms. The zero-order valence-electron chi connectivity index (χ0n) is 26.2. The lowest BCUT2D eigenvalue weighted by Crippen LogP contribution is -2.52. The van der Waals surface area contributed by atoms with E-state index < -0.39 is 51.1 Å². The molecule has 43 heavy (non-hydrogen) atoms. The van der Waals surface area contributed by atoms with Crippen molar-refractivity contribution in [2.24, 2.45) is 5.92 Å². The zero-order chi connectivity index (χ0) is 31.6. The third-order valence-corrected chi connectivity index (χ3v) is 9.44. The molecule has 1 saturated carbocycles. The van der Waals surface area contributed by atoms with E-state index in [1.165, 1.54) is 18.1 Å². The van der Waals surface area contributed by atoms with Crippen LogP contribution in [-0.4, -0.2) is 62.6 Å². The maximum absolute atomic E-state index is 15.4. The summed E-state index contributed by atoms with van der Waals surface area (Å²) in [7, 11) is 1.52. The molecule has 0 bridgehead atoms. The van der Waals surface area contributed by atoms with Gasteiger partial charge in [0.2, 0.25) is 5.91 Å². The molecular formula is C32H45FN4O5S. The number of ether oxygens (including phenoxy) is 2. The second-order valence-electron chi connectivity index (χ2n) is 13.5. The summed E-state index contributed by atoms with van der Waals surface area (Å²) in [4.78, 5) is 32.6. The monoisotopic (exact) mass is 616 g/mol. The van der Waals surface area contributed by atoms with Gasteiger partial charge < -0.3 is 19.3 Å². The molecule has 2 heterocycles. The molecule has 1 saturated heterocycles. The van der Waals surface area contributed by atoms with Gasteiger partial charge in [-0.2, -0.15) is 0 Å². The molecule has 2 aromatic rings. The number of hydrogen-bond donors (Lipinski definition) is 2. The van der Waals surface area contributed by atoms with Gasteiger partial charge in [0.05, 0.1) is 24.0 Å². The highest BCUT2D eigenvalue weighted by Gasteiger charge is 2.45. The smallest absolute Gasteiger partial charge is 0.411 e. The maximum Gasteiger partial charge on any atom is 0.411 e. The Morgan fingerprint density at radius 3 is 2.44 bits per heavy atom. The van der Waals surface area contributed by atoms with Crippen molar-refractivity contribution >= 4 is 29.0 Å². The van der Waals surface area contributed by atoms with Crippen LogP contribution >= 0.6 is 0 Å². The molecule has 0 radical (unpaired) electrons. The number of carbonyl (C=O) groups excluding carboxylic acids is 2. The summed E-state index contributed by atoms with van der Waals surface area (Å²) in [6.45, 7) is 11.1. The third-order valence-electron chi connectivity index (χ3n) is 7.79. The first-order chi connectivity index (χ1) is 20.1. The van der Waals surface area contributed by atoms with E-state index in [1.54, 1.807) is 39.1 Å². The Morgan fingerprint density at radius 1 is 1.14 bits per heavy atom. The number of likely N-dealkylation sites (tertiary alicyclic amines) is 1. The fraction of sp³-hybridized carbons (Fsp3) is 0.594. The number of halogens is 1. The second kappa shape index (κ2) is 13.1. The van der Waals surface area contributed by atoms with E-state index in [0.29, 0.717) is 23.6 Å². The summed E-state index contributed by atoms with van der Waals surface area (Å²) in [5.74, 6) is -0.604. The zero-order valence-corrected chi connectivity index (χ0v) is 27.1. The third kappa shape index (κ3) is 8.26. The Bertz CT molecular complexity index is 1280. The molecule has 1 aromatic heterocycles. The van der Waals surface area contributed by atoms with Crippen molar-refractivity contribution in [3.05, 3.63) is 59.7 Å². The molecule has 1 aliphatic carbocycles. The number of hydrogen-bond acceptors (Lipinski definition) is 7. The Balaban J connectivity index is 1.70. The van der Waals surface area contributed by atoms with E-state index in [9.17, 15) is 14.1 Å².